The van der Waals surface area contributed by atoms with Gasteiger partial charge in [-0.3, -0.25) is 10.1 Å². The van der Waals surface area contributed by atoms with E-state index in [1.807, 2.05) is 30.3 Å². The van der Waals surface area contributed by atoms with E-state index in [2.05, 4.69) is 26.1 Å². The molecule has 1 amide bonds. The smallest absolute Gasteiger partial charge is 0.259 e. The average molecular weight is 424 g/mol. The van der Waals surface area contributed by atoms with E-state index in [1.54, 1.807) is 12.1 Å². The van der Waals surface area contributed by atoms with Crippen LogP contribution >= 0.6 is 46.8 Å². The topological polar surface area (TPSA) is 78.9 Å². The molecule has 0 unspecified atom stereocenters. The minimum Gasteiger partial charge on any atom is -0.332 e. The van der Waals surface area contributed by atoms with E-state index in [9.17, 15) is 4.79 Å². The van der Waals surface area contributed by atoms with Gasteiger partial charge in [0.05, 0.1) is 10.6 Å². The number of hydrogen-bond donors (Lipinski definition) is 3. The lowest BCUT2D eigenvalue weighted by Crippen LogP contribution is -2.18. The summed E-state index contributed by atoms with van der Waals surface area (Å²) in [6.45, 7) is 0. The molecule has 0 radical (unpaired) electrons. The van der Waals surface area contributed by atoms with Crippen LogP contribution in [0.2, 0.25) is 10.0 Å². The Hall–Kier alpha value is -2.26. The van der Waals surface area contributed by atoms with Crippen LogP contribution in [0.4, 0.5) is 16.0 Å². The number of para-hydroxylation sites is 1. The molecule has 6 nitrogen and oxygen atoms in total. The van der Waals surface area contributed by atoms with E-state index in [0.29, 0.717) is 26.0 Å². The number of carbonyl (C=O) groups excluding carboxylic acids is 1. The number of halogens is 2. The van der Waals surface area contributed by atoms with E-state index in [4.69, 9.17) is 35.4 Å². The lowest BCUT2D eigenvalue weighted by Gasteiger charge is -2.07. The van der Waals surface area contributed by atoms with E-state index in [-0.39, 0.29) is 5.02 Å². The number of nitrogens with one attached hydrogen (secondary N) is 3. The highest BCUT2D eigenvalue weighted by atomic mass is 35.5. The highest BCUT2D eigenvalue weighted by Crippen LogP contribution is 2.24. The van der Waals surface area contributed by atoms with Gasteiger partial charge in [-0.1, -0.05) is 52.7 Å². The second-order valence-corrected chi connectivity index (χ2v) is 7.17. The number of benzene rings is 2. The number of nitrogens with zero attached hydrogens (tertiary/aromatic N) is 2. The standard InChI is InChI=1S/C16H11Cl2N5OS2/c17-9-6-7-11(12(18)8-9)13(24)20-15-22-23-16(26-15)21-14(25)19-10-4-2-1-3-5-10/h1-8H,(H,20,22,24)(H2,19,21,23,25). The third-order valence-corrected chi connectivity index (χ3v) is 4.58. The Labute approximate surface area is 168 Å². The lowest BCUT2D eigenvalue weighted by atomic mass is 10.2. The Bertz CT molecular complexity index is 949. The third-order valence-electron chi connectivity index (χ3n) is 3.07. The third kappa shape index (κ3) is 4.89. The summed E-state index contributed by atoms with van der Waals surface area (Å²) in [6, 6.07) is 14.1. The fourth-order valence-electron chi connectivity index (χ4n) is 1.94. The van der Waals surface area contributed by atoms with Crippen LogP contribution in [0.25, 0.3) is 0 Å². The summed E-state index contributed by atoms with van der Waals surface area (Å²) in [7, 11) is 0. The molecule has 3 aromatic rings. The molecule has 0 saturated heterocycles. The van der Waals surface area contributed by atoms with Gasteiger partial charge in [0, 0.05) is 10.7 Å². The normalized spacial score (nSPS) is 10.2. The minimum absolute atomic E-state index is 0.256. The van der Waals surface area contributed by atoms with Crippen molar-refractivity contribution in [3.8, 4) is 0 Å². The molecule has 10 heteroatoms. The predicted octanol–water partition coefficient (Wildman–Crippen LogP) is 4.91. The molecule has 1 heterocycles. The Morgan fingerprint density at radius 2 is 1.65 bits per heavy atom. The molecule has 0 bridgehead atoms. The van der Waals surface area contributed by atoms with Crippen molar-refractivity contribution < 1.29 is 4.79 Å². The van der Waals surface area contributed by atoms with E-state index >= 15 is 0 Å². The molecule has 3 N–H and O–H groups in total. The van der Waals surface area contributed by atoms with Gasteiger partial charge in [-0.05, 0) is 42.5 Å². The molecule has 0 atom stereocenters. The van der Waals surface area contributed by atoms with Crippen molar-refractivity contribution in [3.63, 3.8) is 0 Å². The van der Waals surface area contributed by atoms with Gasteiger partial charge in [0.25, 0.3) is 5.91 Å². The summed E-state index contributed by atoms with van der Waals surface area (Å²) in [5.74, 6) is -0.403. The van der Waals surface area contributed by atoms with Crippen molar-refractivity contribution in [1.82, 2.24) is 10.2 Å². The summed E-state index contributed by atoms with van der Waals surface area (Å²) in [6.07, 6.45) is 0. The maximum absolute atomic E-state index is 12.3. The first kappa shape index (κ1) is 18.5. The van der Waals surface area contributed by atoms with E-state index in [1.165, 1.54) is 6.07 Å². The first-order chi connectivity index (χ1) is 12.5. The van der Waals surface area contributed by atoms with Gasteiger partial charge in [0.15, 0.2) is 5.11 Å². The van der Waals surface area contributed by atoms with Crippen LogP contribution < -0.4 is 16.0 Å². The van der Waals surface area contributed by atoms with Crippen molar-refractivity contribution in [2.75, 3.05) is 16.0 Å². The van der Waals surface area contributed by atoms with Crippen molar-refractivity contribution in [1.29, 1.82) is 0 Å². The molecule has 0 aliphatic carbocycles. The Morgan fingerprint density at radius 1 is 0.962 bits per heavy atom. The quantitative estimate of drug-likeness (QED) is 0.517. The van der Waals surface area contributed by atoms with Crippen molar-refractivity contribution >= 4 is 73.7 Å². The molecule has 0 saturated carbocycles. The number of aromatic nitrogens is 2. The van der Waals surface area contributed by atoms with Gasteiger partial charge < -0.3 is 10.6 Å². The zero-order valence-corrected chi connectivity index (χ0v) is 16.1. The molecular weight excluding hydrogens is 413 g/mol. The molecule has 3 rings (SSSR count). The van der Waals surface area contributed by atoms with Gasteiger partial charge in [0.2, 0.25) is 10.3 Å². The average Bonchev–Trinajstić information content (AvgIpc) is 3.02. The molecule has 0 aliphatic heterocycles. The maximum Gasteiger partial charge on any atom is 0.259 e. The van der Waals surface area contributed by atoms with E-state index < -0.39 is 5.91 Å². The second-order valence-electron chi connectivity index (χ2n) is 4.94. The SMILES string of the molecule is O=C(Nc1nnc(NC(=S)Nc2ccccc2)s1)c1ccc(Cl)cc1Cl. The second kappa shape index (κ2) is 8.41. The molecule has 1 aromatic heterocycles. The van der Waals surface area contributed by atoms with Gasteiger partial charge >= 0.3 is 0 Å². The van der Waals surface area contributed by atoms with E-state index in [0.717, 1.165) is 17.0 Å². The number of rotatable bonds is 4. The van der Waals surface area contributed by atoms with Crippen LogP contribution in [-0.2, 0) is 0 Å². The Kier molecular flexibility index (Phi) is 6.00. The molecule has 0 aliphatic rings. The van der Waals surface area contributed by atoms with Gasteiger partial charge in [0.1, 0.15) is 0 Å². The number of anilines is 3. The largest absolute Gasteiger partial charge is 0.332 e. The number of carbonyl (C=O) groups is 1. The summed E-state index contributed by atoms with van der Waals surface area (Å²) >= 11 is 18.2. The van der Waals surface area contributed by atoms with Crippen molar-refractivity contribution in [2.45, 2.75) is 0 Å². The summed E-state index contributed by atoms with van der Waals surface area (Å²) < 4.78 is 0. The molecule has 0 spiro atoms. The highest BCUT2D eigenvalue weighted by molar-refractivity contribution is 7.80. The maximum atomic E-state index is 12.3. The fourth-order valence-corrected chi connectivity index (χ4v) is 3.36. The lowest BCUT2D eigenvalue weighted by molar-refractivity contribution is 0.102. The van der Waals surface area contributed by atoms with Crippen LogP contribution in [0.3, 0.4) is 0 Å². The number of hydrogen-bond acceptors (Lipinski definition) is 5. The molecule has 132 valence electrons. The summed E-state index contributed by atoms with van der Waals surface area (Å²) in [5, 5.41) is 18.2. The number of amides is 1. The zero-order chi connectivity index (χ0) is 18.5. The van der Waals surface area contributed by atoms with Gasteiger partial charge in [-0.25, -0.2) is 0 Å². The van der Waals surface area contributed by atoms with Gasteiger partial charge in [-0.2, -0.15) is 0 Å². The fraction of sp³-hybridized carbons (Fsp3) is 0. The van der Waals surface area contributed by atoms with Crippen LogP contribution in [0.5, 0.6) is 0 Å². The van der Waals surface area contributed by atoms with Crippen LogP contribution in [0, 0.1) is 0 Å². The predicted molar refractivity (Wildman–Crippen MR) is 111 cm³/mol. The van der Waals surface area contributed by atoms with Crippen LogP contribution in [-0.4, -0.2) is 21.2 Å². The Morgan fingerprint density at radius 3 is 2.35 bits per heavy atom. The van der Waals surface area contributed by atoms with Crippen molar-refractivity contribution in [3.05, 3.63) is 64.1 Å². The molecule has 26 heavy (non-hydrogen) atoms. The molecule has 0 fully saturated rings. The number of thiocarbonyl (C=S) groups is 1. The van der Waals surface area contributed by atoms with Gasteiger partial charge in [-0.15, -0.1) is 10.2 Å². The highest BCUT2D eigenvalue weighted by Gasteiger charge is 2.14. The minimum atomic E-state index is -0.403. The zero-order valence-electron chi connectivity index (χ0n) is 13.0. The molecular formula is C16H11Cl2N5OS2. The first-order valence-corrected chi connectivity index (χ1v) is 9.22. The van der Waals surface area contributed by atoms with Crippen molar-refractivity contribution in [2.24, 2.45) is 0 Å². The first-order valence-electron chi connectivity index (χ1n) is 7.24. The Balaban J connectivity index is 1.60. The monoisotopic (exact) mass is 423 g/mol. The molecule has 2 aromatic carbocycles. The summed E-state index contributed by atoms with van der Waals surface area (Å²) in [4.78, 5) is 12.3. The van der Waals surface area contributed by atoms with Crippen LogP contribution in [0.15, 0.2) is 48.5 Å². The summed E-state index contributed by atoms with van der Waals surface area (Å²) in [5.41, 5.74) is 1.14. The van der Waals surface area contributed by atoms with Crippen LogP contribution in [0.1, 0.15) is 10.4 Å².